The summed E-state index contributed by atoms with van der Waals surface area (Å²) in [5, 5.41) is 18.8. The van der Waals surface area contributed by atoms with Gasteiger partial charge in [0.15, 0.2) is 0 Å². The van der Waals surface area contributed by atoms with Gasteiger partial charge in [0.05, 0.1) is 25.3 Å². The van der Waals surface area contributed by atoms with E-state index in [1.807, 2.05) is 57.3 Å². The molecule has 18 heavy (non-hydrogen) atoms. The van der Waals surface area contributed by atoms with E-state index < -0.39 is 0 Å². The smallest absolute Gasteiger partial charge is 0.226 e. The summed E-state index contributed by atoms with van der Waals surface area (Å²) in [5.74, 6) is 0. The lowest BCUT2D eigenvalue weighted by atomic mass is 10.2. The highest BCUT2D eigenvalue weighted by Gasteiger charge is 2.05. The van der Waals surface area contributed by atoms with Crippen molar-refractivity contribution in [1.82, 2.24) is 0 Å². The van der Waals surface area contributed by atoms with E-state index in [1.165, 1.54) is 0 Å². The van der Waals surface area contributed by atoms with Crippen molar-refractivity contribution in [2.24, 2.45) is 0 Å². The summed E-state index contributed by atoms with van der Waals surface area (Å²) >= 11 is 3.97. The first kappa shape index (κ1) is 14.4. The predicted octanol–water partition coefficient (Wildman–Crippen LogP) is 2.00. The highest BCUT2D eigenvalue weighted by molar-refractivity contribution is 14.1. The molecule has 0 radical (unpaired) electrons. The minimum Gasteiger partial charge on any atom is -0.226 e. The van der Waals surface area contributed by atoms with Crippen molar-refractivity contribution in [2.45, 2.75) is 0 Å². The zero-order chi connectivity index (χ0) is 13.7. The van der Waals surface area contributed by atoms with Crippen LogP contribution in [0.25, 0.3) is 21.1 Å². The van der Waals surface area contributed by atoms with Crippen molar-refractivity contribution >= 4 is 56.6 Å². The van der Waals surface area contributed by atoms with Crippen LogP contribution in [-0.4, -0.2) is 0 Å². The Balaban J connectivity index is 3.96. The summed E-state index contributed by atoms with van der Waals surface area (Å²) < 4.78 is 1.35. The minimum atomic E-state index is 0.00480. The van der Waals surface area contributed by atoms with Crippen molar-refractivity contribution < 1.29 is 0 Å². The fraction of sp³-hybridized carbons (Fsp3) is 0. The second kappa shape index (κ2) is 6.35. The molecule has 4 nitrogen and oxygen atoms in total. The van der Waals surface area contributed by atoms with Gasteiger partial charge in [0.1, 0.15) is 0 Å². The Hall–Kier alpha value is -1.62. The van der Waals surface area contributed by atoms with Crippen LogP contribution in [0, 0.1) is 42.9 Å². The SMILES string of the molecule is [C-]#[N+]C(C#N)=c1cc(I)c(=C(C#N)[N+]#[C-])cc1I. The van der Waals surface area contributed by atoms with E-state index in [2.05, 4.69) is 9.69 Å². The molecule has 0 fully saturated rings. The Kier molecular flexibility index (Phi) is 5.09. The summed E-state index contributed by atoms with van der Waals surface area (Å²) in [6.45, 7) is 13.9. The zero-order valence-corrected chi connectivity index (χ0v) is 13.0. The number of nitrogens with zero attached hydrogens (tertiary/aromatic N) is 4. The molecule has 1 aromatic rings. The van der Waals surface area contributed by atoms with Crippen molar-refractivity contribution in [3.63, 3.8) is 0 Å². The van der Waals surface area contributed by atoms with Gasteiger partial charge in [-0.1, -0.05) is 12.1 Å². The molecule has 0 spiro atoms. The molecule has 0 amide bonds. The third-order valence-corrected chi connectivity index (χ3v) is 3.79. The second-order valence-electron chi connectivity index (χ2n) is 2.96. The molecule has 0 aliphatic carbocycles. The van der Waals surface area contributed by atoms with Gasteiger partial charge in [-0.2, -0.15) is 0 Å². The maximum absolute atomic E-state index is 8.85. The van der Waals surface area contributed by atoms with E-state index >= 15 is 0 Å². The summed E-state index contributed by atoms with van der Waals surface area (Å²) in [6, 6.07) is 6.97. The largest absolute Gasteiger partial charge is 0.270 e. The average molecular weight is 456 g/mol. The molecule has 6 heteroatoms. The Morgan fingerprint density at radius 1 is 0.944 bits per heavy atom. The lowest BCUT2D eigenvalue weighted by Gasteiger charge is -1.98. The Labute approximate surface area is 131 Å². The quantitative estimate of drug-likeness (QED) is 0.444. The fourth-order valence-corrected chi connectivity index (χ4v) is 2.65. The van der Waals surface area contributed by atoms with Crippen LogP contribution in [0.5, 0.6) is 0 Å². The zero-order valence-electron chi connectivity index (χ0n) is 8.70. The molecule has 0 aliphatic rings. The van der Waals surface area contributed by atoms with Crippen LogP contribution in [-0.2, 0) is 0 Å². The first-order valence-electron chi connectivity index (χ1n) is 4.37. The van der Waals surface area contributed by atoms with E-state index in [-0.39, 0.29) is 11.4 Å². The summed E-state index contributed by atoms with van der Waals surface area (Å²) in [7, 11) is 0. The molecule has 0 heterocycles. The predicted molar refractivity (Wildman–Crippen MR) is 82.4 cm³/mol. The molecule has 0 aromatic heterocycles. The standard InChI is InChI=1S/C12H2I2N4/c1-17-11(5-15)7-3-10(14)8(4-9(7)13)12(6-16)18-2/h3-4H. The first-order chi connectivity index (χ1) is 8.58. The van der Waals surface area contributed by atoms with Crippen LogP contribution < -0.4 is 10.4 Å². The number of hydrogen-bond acceptors (Lipinski definition) is 2. The highest BCUT2D eigenvalue weighted by Crippen LogP contribution is 2.05. The maximum atomic E-state index is 8.85. The van der Waals surface area contributed by atoms with Gasteiger partial charge in [0, 0.05) is 17.6 Å². The molecule has 0 N–H and O–H groups in total. The van der Waals surface area contributed by atoms with E-state index in [0.29, 0.717) is 17.6 Å². The van der Waals surface area contributed by atoms with Gasteiger partial charge in [-0.15, -0.1) is 0 Å². The van der Waals surface area contributed by atoms with Crippen molar-refractivity contribution in [3.05, 3.63) is 52.5 Å². The van der Waals surface area contributed by atoms with E-state index in [1.54, 1.807) is 12.1 Å². The van der Waals surface area contributed by atoms with Gasteiger partial charge in [-0.05, 0) is 45.2 Å². The summed E-state index contributed by atoms with van der Waals surface area (Å²) in [5.41, 5.74) is 0.00960. The van der Waals surface area contributed by atoms with E-state index in [4.69, 9.17) is 23.7 Å². The second-order valence-corrected chi connectivity index (χ2v) is 5.28. The maximum Gasteiger partial charge on any atom is 0.270 e. The van der Waals surface area contributed by atoms with Gasteiger partial charge < -0.3 is 0 Å². The van der Waals surface area contributed by atoms with Crippen LogP contribution in [0.15, 0.2) is 12.1 Å². The lowest BCUT2D eigenvalue weighted by molar-refractivity contribution is 1.42. The summed E-state index contributed by atoms with van der Waals surface area (Å²) in [4.78, 5) is 6.32. The molecule has 0 unspecified atom stereocenters. The monoisotopic (exact) mass is 456 g/mol. The number of benzene rings is 1. The molecule has 0 atom stereocenters. The fourth-order valence-electron chi connectivity index (χ4n) is 1.20. The van der Waals surface area contributed by atoms with E-state index in [9.17, 15) is 0 Å². The van der Waals surface area contributed by atoms with Gasteiger partial charge in [0.2, 0.25) is 0 Å². The molecule has 0 saturated heterocycles. The van der Waals surface area contributed by atoms with Crippen LogP contribution in [0.4, 0.5) is 0 Å². The molecule has 1 rings (SSSR count). The number of halogens is 2. The van der Waals surface area contributed by atoms with Crippen LogP contribution in [0.1, 0.15) is 0 Å². The Morgan fingerprint density at radius 2 is 1.28 bits per heavy atom. The number of nitriles is 2. The van der Waals surface area contributed by atoms with E-state index in [0.717, 1.165) is 0 Å². The van der Waals surface area contributed by atoms with Crippen LogP contribution >= 0.6 is 45.2 Å². The Morgan fingerprint density at radius 3 is 1.50 bits per heavy atom. The number of hydrogen-bond donors (Lipinski definition) is 0. The molecule has 0 saturated carbocycles. The Bertz CT molecular complexity index is 693. The topological polar surface area (TPSA) is 56.3 Å². The van der Waals surface area contributed by atoms with Gasteiger partial charge in [-0.25, -0.2) is 20.2 Å². The van der Waals surface area contributed by atoms with Crippen LogP contribution in [0.3, 0.4) is 0 Å². The van der Waals surface area contributed by atoms with Crippen molar-refractivity contribution in [3.8, 4) is 12.1 Å². The van der Waals surface area contributed by atoms with Crippen molar-refractivity contribution in [2.75, 3.05) is 0 Å². The normalized spacial score (nSPS) is 12.3. The molecule has 84 valence electrons. The molecule has 0 bridgehead atoms. The molecule has 1 aromatic carbocycles. The third kappa shape index (κ3) is 2.79. The summed E-state index contributed by atoms with van der Waals surface area (Å²) in [6.07, 6.45) is 0. The average Bonchev–Trinajstić information content (AvgIpc) is 2.37. The van der Waals surface area contributed by atoms with Gasteiger partial charge >= 0.3 is 0 Å². The highest BCUT2D eigenvalue weighted by atomic mass is 127. The van der Waals surface area contributed by atoms with Gasteiger partial charge in [-0.3, -0.25) is 0 Å². The molecular formula is C12H2I2N4. The third-order valence-electron chi connectivity index (χ3n) is 2.00. The van der Waals surface area contributed by atoms with Gasteiger partial charge in [0.25, 0.3) is 11.4 Å². The minimum absolute atomic E-state index is 0.00480. The van der Waals surface area contributed by atoms with Crippen LogP contribution in [0.2, 0.25) is 0 Å². The van der Waals surface area contributed by atoms with Crippen molar-refractivity contribution in [1.29, 1.82) is 10.5 Å². The molecular weight excluding hydrogens is 454 g/mol. The lowest BCUT2D eigenvalue weighted by Crippen LogP contribution is -2.19. The molecule has 0 aliphatic heterocycles. The number of rotatable bonds is 0. The first-order valence-corrected chi connectivity index (χ1v) is 6.53.